The van der Waals surface area contributed by atoms with E-state index in [1.807, 2.05) is 34.9 Å². The lowest BCUT2D eigenvalue weighted by Crippen LogP contribution is -2.36. The second-order valence-corrected chi connectivity index (χ2v) is 6.44. The van der Waals surface area contributed by atoms with Crippen LogP contribution in [-0.2, 0) is 6.54 Å². The van der Waals surface area contributed by atoms with Crippen molar-refractivity contribution >= 4 is 10.9 Å². The van der Waals surface area contributed by atoms with E-state index in [9.17, 15) is 4.79 Å². The van der Waals surface area contributed by atoms with Crippen LogP contribution < -0.4 is 10.9 Å². The van der Waals surface area contributed by atoms with Gasteiger partial charge in [-0.1, -0.05) is 42.5 Å². The highest BCUT2D eigenvalue weighted by molar-refractivity contribution is 5.77. The molecule has 2 heterocycles. The molecule has 0 saturated carbocycles. The minimum absolute atomic E-state index is 0.0782. The van der Waals surface area contributed by atoms with Crippen LogP contribution in [0, 0.1) is 0 Å². The van der Waals surface area contributed by atoms with Crippen LogP contribution in [0.1, 0.15) is 43.2 Å². The maximum atomic E-state index is 12.8. The Labute approximate surface area is 141 Å². The van der Waals surface area contributed by atoms with Gasteiger partial charge in [0.15, 0.2) is 0 Å². The van der Waals surface area contributed by atoms with Gasteiger partial charge in [-0.2, -0.15) is 0 Å². The summed E-state index contributed by atoms with van der Waals surface area (Å²) in [6.07, 6.45) is 1.99. The SMILES string of the molecule is C[C@@H](N[C@@H]1CCCn2c1nc1ccccc1c2=O)c1ccccc1. The molecule has 0 amide bonds. The van der Waals surface area contributed by atoms with Crippen molar-refractivity contribution in [1.29, 1.82) is 0 Å². The summed E-state index contributed by atoms with van der Waals surface area (Å²) in [5.74, 6) is 0.868. The van der Waals surface area contributed by atoms with Crippen LogP contribution in [0.2, 0.25) is 0 Å². The monoisotopic (exact) mass is 319 g/mol. The van der Waals surface area contributed by atoms with Crippen LogP contribution in [0.15, 0.2) is 59.4 Å². The van der Waals surface area contributed by atoms with E-state index >= 15 is 0 Å². The van der Waals surface area contributed by atoms with Gasteiger partial charge in [0.2, 0.25) is 0 Å². The number of benzene rings is 2. The lowest BCUT2D eigenvalue weighted by molar-refractivity contribution is 0.349. The smallest absolute Gasteiger partial charge is 0.261 e. The lowest BCUT2D eigenvalue weighted by atomic mass is 10.0. The second-order valence-electron chi connectivity index (χ2n) is 6.44. The van der Waals surface area contributed by atoms with Crippen molar-refractivity contribution in [3.63, 3.8) is 0 Å². The average Bonchev–Trinajstić information content (AvgIpc) is 2.63. The fourth-order valence-electron chi connectivity index (χ4n) is 3.55. The van der Waals surface area contributed by atoms with Crippen LogP contribution in [0.25, 0.3) is 10.9 Å². The molecule has 0 radical (unpaired) electrons. The number of nitrogens with zero attached hydrogens (tertiary/aromatic N) is 2. The molecule has 4 nitrogen and oxygen atoms in total. The number of aromatic nitrogens is 2. The second kappa shape index (κ2) is 6.21. The first-order valence-corrected chi connectivity index (χ1v) is 8.54. The molecule has 1 aromatic heterocycles. The van der Waals surface area contributed by atoms with E-state index in [0.717, 1.165) is 30.7 Å². The van der Waals surface area contributed by atoms with E-state index in [1.165, 1.54) is 5.56 Å². The number of nitrogens with one attached hydrogen (secondary N) is 1. The van der Waals surface area contributed by atoms with Crippen LogP contribution in [0.5, 0.6) is 0 Å². The summed E-state index contributed by atoms with van der Waals surface area (Å²) in [7, 11) is 0. The van der Waals surface area contributed by atoms with Crippen LogP contribution in [0.4, 0.5) is 0 Å². The van der Waals surface area contributed by atoms with Crippen molar-refractivity contribution < 1.29 is 0 Å². The predicted octanol–water partition coefficient (Wildman–Crippen LogP) is 3.58. The van der Waals surface area contributed by atoms with Crippen molar-refractivity contribution in [3.8, 4) is 0 Å². The Kier molecular flexibility index (Phi) is 3.90. The summed E-state index contributed by atoms with van der Waals surface area (Å²) in [6, 6.07) is 18.3. The average molecular weight is 319 g/mol. The Morgan fingerprint density at radius 3 is 2.71 bits per heavy atom. The third-order valence-corrected chi connectivity index (χ3v) is 4.83. The highest BCUT2D eigenvalue weighted by Crippen LogP contribution is 2.26. The molecular weight excluding hydrogens is 298 g/mol. The first kappa shape index (κ1) is 15.1. The van der Waals surface area contributed by atoms with Gasteiger partial charge in [0, 0.05) is 12.6 Å². The Bertz CT molecular complexity index is 917. The fourth-order valence-corrected chi connectivity index (χ4v) is 3.55. The summed E-state index contributed by atoms with van der Waals surface area (Å²) >= 11 is 0. The number of hydrogen-bond donors (Lipinski definition) is 1. The summed E-state index contributed by atoms with van der Waals surface area (Å²) in [5, 5.41) is 4.37. The van der Waals surface area contributed by atoms with Gasteiger partial charge >= 0.3 is 0 Å². The van der Waals surface area contributed by atoms with Gasteiger partial charge in [0.1, 0.15) is 5.82 Å². The number of fused-ring (bicyclic) bond motifs is 2. The number of rotatable bonds is 3. The lowest BCUT2D eigenvalue weighted by Gasteiger charge is -2.29. The van der Waals surface area contributed by atoms with Crippen LogP contribution in [0.3, 0.4) is 0 Å². The Morgan fingerprint density at radius 2 is 1.88 bits per heavy atom. The van der Waals surface area contributed by atoms with E-state index in [1.54, 1.807) is 0 Å². The molecule has 1 aliphatic rings. The summed E-state index contributed by atoms with van der Waals surface area (Å²) < 4.78 is 1.85. The van der Waals surface area contributed by atoms with E-state index < -0.39 is 0 Å². The molecule has 122 valence electrons. The molecule has 1 N–H and O–H groups in total. The van der Waals surface area contributed by atoms with Gasteiger partial charge in [-0.25, -0.2) is 4.98 Å². The van der Waals surface area contributed by atoms with Crippen molar-refractivity contribution in [3.05, 3.63) is 76.3 Å². The highest BCUT2D eigenvalue weighted by atomic mass is 16.1. The van der Waals surface area contributed by atoms with Crippen LogP contribution in [-0.4, -0.2) is 9.55 Å². The zero-order valence-corrected chi connectivity index (χ0v) is 13.8. The quantitative estimate of drug-likeness (QED) is 0.802. The minimum Gasteiger partial charge on any atom is -0.301 e. The molecule has 0 aliphatic carbocycles. The largest absolute Gasteiger partial charge is 0.301 e. The van der Waals surface area contributed by atoms with Crippen molar-refractivity contribution in [1.82, 2.24) is 14.9 Å². The van der Waals surface area contributed by atoms with Gasteiger partial charge in [0.05, 0.1) is 16.9 Å². The molecule has 0 unspecified atom stereocenters. The fraction of sp³-hybridized carbons (Fsp3) is 0.300. The molecule has 0 spiro atoms. The van der Waals surface area contributed by atoms with Crippen molar-refractivity contribution in [2.24, 2.45) is 0 Å². The van der Waals surface area contributed by atoms with Crippen molar-refractivity contribution in [2.75, 3.05) is 0 Å². The topological polar surface area (TPSA) is 46.9 Å². The molecule has 0 fully saturated rings. The van der Waals surface area contributed by atoms with E-state index in [0.29, 0.717) is 5.39 Å². The van der Waals surface area contributed by atoms with Gasteiger partial charge in [-0.05, 0) is 37.5 Å². The summed E-state index contributed by atoms with van der Waals surface area (Å²) in [6.45, 7) is 2.91. The molecule has 4 rings (SSSR count). The Morgan fingerprint density at radius 1 is 1.12 bits per heavy atom. The molecule has 0 bridgehead atoms. The Balaban J connectivity index is 1.72. The van der Waals surface area contributed by atoms with Crippen LogP contribution >= 0.6 is 0 Å². The maximum absolute atomic E-state index is 12.8. The predicted molar refractivity (Wildman–Crippen MR) is 96.0 cm³/mol. The molecule has 24 heavy (non-hydrogen) atoms. The standard InChI is InChI=1S/C20H21N3O/c1-14(15-8-3-2-4-9-15)21-18-12-7-13-23-19(18)22-17-11-6-5-10-16(17)20(23)24/h2-6,8-11,14,18,21H,7,12-13H2,1H3/t14-,18-/m1/s1. The van der Waals surface area contributed by atoms with E-state index in [4.69, 9.17) is 4.98 Å². The van der Waals surface area contributed by atoms with E-state index in [-0.39, 0.29) is 17.6 Å². The minimum atomic E-state index is 0.0782. The van der Waals surface area contributed by atoms with Gasteiger partial charge in [-0.15, -0.1) is 0 Å². The molecule has 2 atom stereocenters. The maximum Gasteiger partial charge on any atom is 0.261 e. The van der Waals surface area contributed by atoms with Crippen molar-refractivity contribution in [2.45, 2.75) is 38.4 Å². The molecule has 1 aliphatic heterocycles. The first-order valence-electron chi connectivity index (χ1n) is 8.54. The normalized spacial score (nSPS) is 18.3. The zero-order valence-electron chi connectivity index (χ0n) is 13.8. The summed E-state index contributed by atoms with van der Waals surface area (Å²) in [4.78, 5) is 17.6. The number of hydrogen-bond acceptors (Lipinski definition) is 3. The Hall–Kier alpha value is -2.46. The van der Waals surface area contributed by atoms with Gasteiger partial charge < -0.3 is 5.32 Å². The number of para-hydroxylation sites is 1. The third kappa shape index (κ3) is 2.63. The zero-order chi connectivity index (χ0) is 16.5. The molecule has 3 aromatic rings. The third-order valence-electron chi connectivity index (χ3n) is 4.83. The first-order chi connectivity index (χ1) is 11.7. The van der Waals surface area contributed by atoms with Gasteiger partial charge in [0.25, 0.3) is 5.56 Å². The van der Waals surface area contributed by atoms with Gasteiger partial charge in [-0.3, -0.25) is 9.36 Å². The highest BCUT2D eigenvalue weighted by Gasteiger charge is 2.25. The molecule has 4 heteroatoms. The van der Waals surface area contributed by atoms with E-state index in [2.05, 4.69) is 36.5 Å². The molecule has 0 saturated heterocycles. The summed E-state index contributed by atoms with van der Waals surface area (Å²) in [5.41, 5.74) is 2.11. The molecular formula is C20H21N3O. The molecule has 2 aromatic carbocycles.